The molecule has 0 aromatic heterocycles. The highest BCUT2D eigenvalue weighted by atomic mass is 35.5. The molecule has 2 rings (SSSR count). The Morgan fingerprint density at radius 1 is 1.11 bits per heavy atom. The zero-order valence-corrected chi connectivity index (χ0v) is 7.56. The molecule has 0 atom stereocenters. The molecule has 2 fully saturated rings. The Labute approximate surface area is 63.2 Å². The molecule has 0 aromatic rings. The van der Waals surface area contributed by atoms with E-state index in [9.17, 15) is 0 Å². The summed E-state index contributed by atoms with van der Waals surface area (Å²) in [6, 6.07) is 0. The topological polar surface area (TPSA) is 0 Å². The van der Waals surface area contributed by atoms with Crippen LogP contribution in [-0.4, -0.2) is 14.3 Å². The average Bonchev–Trinajstić information content (AvgIpc) is 2.61. The summed E-state index contributed by atoms with van der Waals surface area (Å²) in [7, 11) is -0.372. The van der Waals surface area contributed by atoms with Crippen molar-refractivity contribution in [3.8, 4) is 0 Å². The summed E-state index contributed by atoms with van der Waals surface area (Å²) in [5.41, 5.74) is 3.42. The lowest BCUT2D eigenvalue weighted by Gasteiger charge is -2.06. The first-order valence-corrected chi connectivity index (χ1v) is 6.66. The molecular weight excluding hydrogens is 148 g/mol. The van der Waals surface area contributed by atoms with Gasteiger partial charge in [0.25, 0.3) is 0 Å². The normalized spacial score (nSPS) is 27.3. The van der Waals surface area contributed by atoms with Crippen molar-refractivity contribution in [3.63, 3.8) is 0 Å². The summed E-state index contributed by atoms with van der Waals surface area (Å²) >= 11 is 5.90. The van der Waals surface area contributed by atoms with Gasteiger partial charge in [0.2, 0.25) is 0 Å². The SMILES string of the molecule is ClC[SiH](C1CC1)C1CC1. The highest BCUT2D eigenvalue weighted by Gasteiger charge is 2.41. The van der Waals surface area contributed by atoms with Gasteiger partial charge < -0.3 is 0 Å². The maximum absolute atomic E-state index is 5.90. The van der Waals surface area contributed by atoms with Crippen LogP contribution in [0.4, 0.5) is 0 Å². The van der Waals surface area contributed by atoms with Crippen LogP contribution in [0.3, 0.4) is 0 Å². The van der Waals surface area contributed by atoms with Gasteiger partial charge in [-0.05, 0) is 11.1 Å². The van der Waals surface area contributed by atoms with Crippen molar-refractivity contribution in [2.24, 2.45) is 0 Å². The second-order valence-corrected chi connectivity index (χ2v) is 7.94. The molecule has 0 heterocycles. The molecule has 2 aliphatic rings. The van der Waals surface area contributed by atoms with Gasteiger partial charge in [0.05, 0.1) is 8.80 Å². The molecule has 0 unspecified atom stereocenters. The van der Waals surface area contributed by atoms with E-state index in [0.29, 0.717) is 0 Å². The van der Waals surface area contributed by atoms with E-state index in [4.69, 9.17) is 11.6 Å². The Morgan fingerprint density at radius 2 is 1.56 bits per heavy atom. The van der Waals surface area contributed by atoms with Gasteiger partial charge in [0.15, 0.2) is 0 Å². The minimum absolute atomic E-state index is 0.372. The van der Waals surface area contributed by atoms with Crippen molar-refractivity contribution in [2.45, 2.75) is 36.8 Å². The quantitative estimate of drug-likeness (QED) is 0.439. The van der Waals surface area contributed by atoms with E-state index in [2.05, 4.69) is 0 Å². The van der Waals surface area contributed by atoms with Gasteiger partial charge in [-0.3, -0.25) is 0 Å². The molecule has 0 bridgehead atoms. The van der Waals surface area contributed by atoms with Gasteiger partial charge in [0, 0.05) is 5.50 Å². The molecule has 0 spiro atoms. The van der Waals surface area contributed by atoms with Crippen LogP contribution in [-0.2, 0) is 0 Å². The van der Waals surface area contributed by atoms with E-state index in [1.165, 1.54) is 36.8 Å². The fourth-order valence-electron chi connectivity index (χ4n) is 1.69. The molecule has 2 saturated carbocycles. The summed E-state index contributed by atoms with van der Waals surface area (Å²) in [5, 5.41) is 0. The third-order valence-corrected chi connectivity index (χ3v) is 7.81. The monoisotopic (exact) mass is 160 g/mol. The molecule has 0 aliphatic heterocycles. The maximum atomic E-state index is 5.90. The third-order valence-electron chi connectivity index (χ3n) is 2.63. The van der Waals surface area contributed by atoms with Gasteiger partial charge in [-0.1, -0.05) is 25.7 Å². The largest absolute Gasteiger partial charge is 0.130 e. The smallest absolute Gasteiger partial charge is 0.0601 e. The Morgan fingerprint density at radius 3 is 1.78 bits per heavy atom. The summed E-state index contributed by atoms with van der Waals surface area (Å²) < 4.78 is 0. The number of rotatable bonds is 3. The Balaban J connectivity index is 1.85. The predicted molar refractivity (Wildman–Crippen MR) is 43.8 cm³/mol. The molecule has 0 saturated heterocycles. The van der Waals surface area contributed by atoms with Crippen molar-refractivity contribution in [1.82, 2.24) is 0 Å². The molecule has 0 radical (unpaired) electrons. The molecule has 9 heavy (non-hydrogen) atoms. The van der Waals surface area contributed by atoms with Crippen LogP contribution in [0.15, 0.2) is 0 Å². The minimum Gasteiger partial charge on any atom is -0.130 e. The van der Waals surface area contributed by atoms with E-state index in [0.717, 1.165) is 5.50 Å². The average molecular weight is 161 g/mol. The minimum atomic E-state index is -0.372. The number of hydrogen-bond donors (Lipinski definition) is 0. The first-order chi connectivity index (χ1) is 4.42. The van der Waals surface area contributed by atoms with Crippen LogP contribution in [0.25, 0.3) is 0 Å². The summed E-state index contributed by atoms with van der Waals surface area (Å²) in [4.78, 5) is 0. The molecular formula is C7H13ClSi. The standard InChI is InChI=1S/C7H13ClSi/c8-5-9(6-1-2-6)7-3-4-7/h6-7,9H,1-5H2. The van der Waals surface area contributed by atoms with Crippen LogP contribution >= 0.6 is 11.6 Å². The predicted octanol–water partition coefficient (Wildman–Crippen LogP) is 2.32. The number of alkyl halides is 1. The van der Waals surface area contributed by atoms with Gasteiger partial charge in [-0.15, -0.1) is 11.6 Å². The second kappa shape index (κ2) is 2.28. The Hall–Kier alpha value is 0.507. The maximum Gasteiger partial charge on any atom is 0.0601 e. The molecule has 0 aromatic carbocycles. The molecule has 2 aliphatic carbocycles. The van der Waals surface area contributed by atoms with E-state index in [-0.39, 0.29) is 8.80 Å². The zero-order chi connectivity index (χ0) is 6.27. The van der Waals surface area contributed by atoms with Crippen LogP contribution in [0.1, 0.15) is 25.7 Å². The van der Waals surface area contributed by atoms with Gasteiger partial charge >= 0.3 is 0 Å². The van der Waals surface area contributed by atoms with Gasteiger partial charge in [-0.25, -0.2) is 0 Å². The van der Waals surface area contributed by atoms with E-state index in [1.54, 1.807) is 0 Å². The van der Waals surface area contributed by atoms with Crippen LogP contribution < -0.4 is 0 Å². The highest BCUT2D eigenvalue weighted by Crippen LogP contribution is 2.51. The fraction of sp³-hybridized carbons (Fsp3) is 1.00. The molecule has 0 N–H and O–H groups in total. The second-order valence-electron chi connectivity index (χ2n) is 3.49. The lowest BCUT2D eigenvalue weighted by Crippen LogP contribution is -2.15. The van der Waals surface area contributed by atoms with Crippen molar-refractivity contribution in [3.05, 3.63) is 0 Å². The van der Waals surface area contributed by atoms with Crippen molar-refractivity contribution < 1.29 is 0 Å². The van der Waals surface area contributed by atoms with Crippen LogP contribution in [0, 0.1) is 0 Å². The highest BCUT2D eigenvalue weighted by molar-refractivity contribution is 6.71. The lowest BCUT2D eigenvalue weighted by molar-refractivity contribution is 1.26. The number of halogens is 1. The zero-order valence-electron chi connectivity index (χ0n) is 5.65. The van der Waals surface area contributed by atoms with Gasteiger partial charge in [0.1, 0.15) is 0 Å². The van der Waals surface area contributed by atoms with Crippen molar-refractivity contribution in [1.29, 1.82) is 0 Å². The van der Waals surface area contributed by atoms with Gasteiger partial charge in [-0.2, -0.15) is 0 Å². The Kier molecular flexibility index (Phi) is 1.58. The summed E-state index contributed by atoms with van der Waals surface area (Å²) in [5.74, 6) is 0. The summed E-state index contributed by atoms with van der Waals surface area (Å²) in [6.07, 6.45) is 6.11. The molecule has 2 heteroatoms. The van der Waals surface area contributed by atoms with E-state index in [1.807, 2.05) is 0 Å². The molecule has 0 nitrogen and oxygen atoms in total. The third kappa shape index (κ3) is 1.32. The van der Waals surface area contributed by atoms with E-state index >= 15 is 0 Å². The van der Waals surface area contributed by atoms with Crippen molar-refractivity contribution in [2.75, 3.05) is 5.50 Å². The van der Waals surface area contributed by atoms with Crippen LogP contribution in [0.2, 0.25) is 11.1 Å². The molecule has 52 valence electrons. The number of hydrogen-bond acceptors (Lipinski definition) is 0. The van der Waals surface area contributed by atoms with Crippen molar-refractivity contribution >= 4 is 20.4 Å². The summed E-state index contributed by atoms with van der Waals surface area (Å²) in [6.45, 7) is 0. The molecule has 0 amide bonds. The fourth-order valence-corrected chi connectivity index (χ4v) is 6.57. The van der Waals surface area contributed by atoms with E-state index < -0.39 is 0 Å². The van der Waals surface area contributed by atoms with Crippen LogP contribution in [0.5, 0.6) is 0 Å². The first kappa shape index (κ1) is 6.23. The Bertz CT molecular complexity index is 95.5. The lowest BCUT2D eigenvalue weighted by atomic mass is 10.9. The first-order valence-electron chi connectivity index (χ1n) is 3.98.